The molecule has 178 valence electrons. The topological polar surface area (TPSA) is 184 Å². The highest BCUT2D eigenvalue weighted by atomic mass is 16.6. The minimum Gasteiger partial charge on any atom is -0.508 e. The summed E-state index contributed by atoms with van der Waals surface area (Å²) in [5.74, 6) is -3.63. The second-order valence-electron chi connectivity index (χ2n) is 8.50. The molecule has 3 aliphatic carbocycles. The Hall–Kier alpha value is -3.70. The fourth-order valence-electron chi connectivity index (χ4n) is 4.91. The molecule has 11 nitrogen and oxygen atoms in total. The molecule has 11 heteroatoms. The van der Waals surface area contributed by atoms with Crippen molar-refractivity contribution in [2.75, 3.05) is 0 Å². The van der Waals surface area contributed by atoms with Crippen LogP contribution in [0.25, 0.3) is 5.53 Å². The van der Waals surface area contributed by atoms with Gasteiger partial charge in [0, 0.05) is 30.1 Å². The number of aliphatic hydroxyl groups excluding tert-OH is 1. The van der Waals surface area contributed by atoms with Crippen LogP contribution in [-0.2, 0) is 19.1 Å². The summed E-state index contributed by atoms with van der Waals surface area (Å²) in [6.07, 6.45) is -5.21. The van der Waals surface area contributed by atoms with E-state index in [0.29, 0.717) is 0 Å². The number of rotatable bonds is 4. The Morgan fingerprint density at radius 2 is 1.85 bits per heavy atom. The number of nitrogens with zero attached hydrogens (tertiary/aromatic N) is 1. The predicted molar refractivity (Wildman–Crippen MR) is 111 cm³/mol. The fourth-order valence-corrected chi connectivity index (χ4v) is 4.91. The van der Waals surface area contributed by atoms with E-state index in [1.807, 2.05) is 5.11 Å². The highest BCUT2D eigenvalue weighted by Crippen LogP contribution is 2.50. The lowest BCUT2D eigenvalue weighted by Gasteiger charge is -2.45. The predicted octanol–water partition coefficient (Wildman–Crippen LogP) is -0.772. The first-order chi connectivity index (χ1) is 16.0. The number of benzene rings is 1. The Bertz CT molecular complexity index is 1230. The van der Waals surface area contributed by atoms with Crippen LogP contribution in [0.15, 0.2) is 40.5 Å². The molecule has 0 spiro atoms. The van der Waals surface area contributed by atoms with Crippen LogP contribution in [0.1, 0.15) is 47.9 Å². The Balaban J connectivity index is 2.00. The number of nitrogens with one attached hydrogen (secondary N) is 1. The summed E-state index contributed by atoms with van der Waals surface area (Å²) in [6, 6.07) is 2.44. The van der Waals surface area contributed by atoms with Crippen LogP contribution in [0.4, 0.5) is 0 Å². The summed E-state index contributed by atoms with van der Waals surface area (Å²) < 4.78 is 10.6. The molecule has 1 aromatic carbocycles. The van der Waals surface area contributed by atoms with Crippen molar-refractivity contribution in [3.05, 3.63) is 57.1 Å². The number of aromatic hydroxyl groups is 1. The zero-order chi connectivity index (χ0) is 25.1. The molecule has 0 fully saturated rings. The van der Waals surface area contributed by atoms with E-state index in [1.165, 1.54) is 25.1 Å². The lowest BCUT2D eigenvalue weighted by molar-refractivity contribution is -0.504. The summed E-state index contributed by atoms with van der Waals surface area (Å²) in [5, 5.41) is 34.7. The SMILES string of the molecule is CCC(=O)O[C@@H]1C2=C(C3=C(C(=O)c4c(O)cccc4C3=O)C2[NH+]=[N-])[C@H](O)[C@@H](OC(C)=O)[C@]1(C)O. The normalized spacial score (nSPS) is 29.9. The molecule has 0 amide bonds. The minimum atomic E-state index is -2.21. The Morgan fingerprint density at radius 1 is 1.18 bits per heavy atom. The molecule has 0 radical (unpaired) electrons. The first-order valence-electron chi connectivity index (χ1n) is 10.5. The molecule has 4 rings (SSSR count). The number of Topliss-reactive ketones (excluding diaryl/α,β-unsaturated/α-hetero) is 2. The summed E-state index contributed by atoms with van der Waals surface area (Å²) >= 11 is 0. The van der Waals surface area contributed by atoms with Crippen LogP contribution in [0.2, 0.25) is 0 Å². The lowest BCUT2D eigenvalue weighted by Crippen LogP contribution is -2.76. The molecule has 0 heterocycles. The molecular weight excluding hydrogens is 448 g/mol. The molecule has 0 aromatic heterocycles. The molecular formula is C23H22N2O9. The monoisotopic (exact) mass is 470 g/mol. The molecule has 5 atom stereocenters. The summed E-state index contributed by atoms with van der Waals surface area (Å²) in [4.78, 5) is 50.9. The van der Waals surface area contributed by atoms with Crippen LogP contribution in [-0.4, -0.2) is 68.8 Å². The van der Waals surface area contributed by atoms with Gasteiger partial charge in [0.25, 0.3) is 0 Å². The molecule has 1 unspecified atom stereocenters. The maximum Gasteiger partial charge on any atom is 0.306 e. The molecule has 34 heavy (non-hydrogen) atoms. The van der Waals surface area contributed by atoms with E-state index in [-0.39, 0.29) is 39.8 Å². The largest absolute Gasteiger partial charge is 0.508 e. The van der Waals surface area contributed by atoms with Crippen molar-refractivity contribution in [2.45, 2.75) is 57.1 Å². The summed E-state index contributed by atoms with van der Waals surface area (Å²) in [5.41, 5.74) is 6.44. The van der Waals surface area contributed by atoms with Gasteiger partial charge in [-0.3, -0.25) is 19.2 Å². The number of esters is 2. The minimum absolute atomic E-state index is 0.0997. The first-order valence-corrected chi connectivity index (χ1v) is 10.5. The average Bonchev–Trinajstić information content (AvgIpc) is 3.13. The first kappa shape index (κ1) is 23.5. The van der Waals surface area contributed by atoms with Gasteiger partial charge < -0.3 is 35.4 Å². The van der Waals surface area contributed by atoms with E-state index in [2.05, 4.69) is 0 Å². The second kappa shape index (κ2) is 7.96. The van der Waals surface area contributed by atoms with Crippen LogP contribution < -0.4 is 5.11 Å². The van der Waals surface area contributed by atoms with E-state index < -0.39 is 59.2 Å². The zero-order valence-corrected chi connectivity index (χ0v) is 18.5. The quantitative estimate of drug-likeness (QED) is 0.324. The van der Waals surface area contributed by atoms with Gasteiger partial charge in [0.15, 0.2) is 24.0 Å². The van der Waals surface area contributed by atoms with Gasteiger partial charge in [0.05, 0.1) is 16.7 Å². The van der Waals surface area contributed by atoms with Crippen LogP contribution in [0, 0.1) is 0 Å². The van der Waals surface area contributed by atoms with E-state index in [0.717, 1.165) is 13.8 Å². The Labute approximate surface area is 193 Å². The number of aliphatic hydroxyl groups is 2. The van der Waals surface area contributed by atoms with Crippen molar-refractivity contribution in [3.8, 4) is 5.75 Å². The molecule has 1 aromatic rings. The van der Waals surface area contributed by atoms with Crippen LogP contribution >= 0.6 is 0 Å². The van der Waals surface area contributed by atoms with E-state index in [4.69, 9.17) is 9.47 Å². The van der Waals surface area contributed by atoms with Gasteiger partial charge in [0.2, 0.25) is 5.78 Å². The molecule has 3 aliphatic rings. The van der Waals surface area contributed by atoms with Crippen molar-refractivity contribution in [3.63, 3.8) is 0 Å². The number of ketones is 2. The van der Waals surface area contributed by atoms with Crippen molar-refractivity contribution in [1.82, 2.24) is 0 Å². The average molecular weight is 470 g/mol. The third-order valence-electron chi connectivity index (χ3n) is 6.37. The number of fused-ring (bicyclic) bond motifs is 2. The zero-order valence-electron chi connectivity index (χ0n) is 18.5. The van der Waals surface area contributed by atoms with Gasteiger partial charge in [-0.15, -0.1) is 0 Å². The Morgan fingerprint density at radius 3 is 2.44 bits per heavy atom. The maximum absolute atomic E-state index is 13.5. The van der Waals surface area contributed by atoms with Crippen LogP contribution in [0.3, 0.4) is 0 Å². The van der Waals surface area contributed by atoms with Gasteiger partial charge in [-0.2, -0.15) is 0 Å². The van der Waals surface area contributed by atoms with E-state index in [9.17, 15) is 40.0 Å². The van der Waals surface area contributed by atoms with E-state index >= 15 is 0 Å². The number of carbonyl (C=O) groups is 4. The van der Waals surface area contributed by atoms with E-state index in [1.54, 1.807) is 0 Å². The highest BCUT2D eigenvalue weighted by molar-refractivity contribution is 6.31. The third-order valence-corrected chi connectivity index (χ3v) is 6.37. The van der Waals surface area contributed by atoms with Crippen molar-refractivity contribution >= 4 is 23.5 Å². The number of ether oxygens (including phenoxy) is 2. The fraction of sp³-hybridized carbons (Fsp3) is 0.391. The number of hydrogen-bond donors (Lipinski definition) is 4. The van der Waals surface area contributed by atoms with Gasteiger partial charge in [-0.05, 0) is 13.0 Å². The number of hydrogen-bond acceptors (Lipinski definition) is 9. The molecule has 4 N–H and O–H groups in total. The van der Waals surface area contributed by atoms with Gasteiger partial charge in [-0.1, -0.05) is 19.1 Å². The van der Waals surface area contributed by atoms with Crippen molar-refractivity contribution < 1.29 is 49.1 Å². The summed E-state index contributed by atoms with van der Waals surface area (Å²) in [6.45, 7) is 3.71. The smallest absolute Gasteiger partial charge is 0.306 e. The Kier molecular flexibility index (Phi) is 5.49. The van der Waals surface area contributed by atoms with Gasteiger partial charge >= 0.3 is 11.9 Å². The molecule has 0 bridgehead atoms. The highest BCUT2D eigenvalue weighted by Gasteiger charge is 2.63. The third kappa shape index (κ3) is 3.11. The van der Waals surface area contributed by atoms with Crippen molar-refractivity contribution in [2.24, 2.45) is 0 Å². The van der Waals surface area contributed by atoms with Gasteiger partial charge in [0.1, 0.15) is 17.5 Å². The molecule has 0 aliphatic heterocycles. The summed E-state index contributed by atoms with van der Waals surface area (Å²) in [7, 11) is 0. The lowest BCUT2D eigenvalue weighted by atomic mass is 9.73. The number of carbonyl (C=O) groups excluding carboxylic acids is 4. The van der Waals surface area contributed by atoms with Crippen molar-refractivity contribution in [1.29, 1.82) is 0 Å². The van der Waals surface area contributed by atoms with Gasteiger partial charge in [-0.25, -0.2) is 0 Å². The number of phenolic OH excluding ortho intramolecular Hbond substituents is 1. The number of phenols is 1. The second-order valence-corrected chi connectivity index (χ2v) is 8.50. The van der Waals surface area contributed by atoms with Crippen LogP contribution in [0.5, 0.6) is 5.75 Å². The standard InChI is InChI=1S/C23H22N2O9/c1-4-11(28)34-21-16-14(20(31)22(23(21,3)32)33-8(2)26)13-15(17(16)25-24)19(30)12-9(18(13)29)6-5-7-10(12)27/h5-7,17,20-22,25,27,31-32H,4H2,1-3H3/t17?,20-,21+,22+,23+/m0/s1. The maximum atomic E-state index is 13.5. The molecule has 0 saturated carbocycles. The molecule has 0 saturated heterocycles.